The van der Waals surface area contributed by atoms with Crippen molar-refractivity contribution in [2.75, 3.05) is 0 Å². The van der Waals surface area contributed by atoms with Crippen LogP contribution in [0.4, 0.5) is 0 Å². The van der Waals surface area contributed by atoms with Gasteiger partial charge in [-0.15, -0.1) is 0 Å². The van der Waals surface area contributed by atoms with Gasteiger partial charge in [-0.1, -0.05) is 25.1 Å². The first kappa shape index (κ1) is 12.2. The van der Waals surface area contributed by atoms with Crippen molar-refractivity contribution in [1.82, 2.24) is 0 Å². The van der Waals surface area contributed by atoms with Gasteiger partial charge in [0.1, 0.15) is 11.5 Å². The van der Waals surface area contributed by atoms with Gasteiger partial charge in [-0.3, -0.25) is 4.79 Å². The summed E-state index contributed by atoms with van der Waals surface area (Å²) in [5, 5.41) is 9.63. The third-order valence-corrected chi connectivity index (χ3v) is 6.01. The molecule has 4 atom stereocenters. The fraction of sp³-hybridized carbons (Fsp3) is 0.500. The van der Waals surface area contributed by atoms with Gasteiger partial charge < -0.3 is 5.11 Å². The number of hydrogen-bond donors (Lipinski definition) is 1. The Bertz CT molecular complexity index is 616. The second-order valence-corrected chi connectivity index (χ2v) is 6.88. The highest BCUT2D eigenvalue weighted by Crippen LogP contribution is 2.58. The lowest BCUT2D eigenvalue weighted by Crippen LogP contribution is -2.40. The van der Waals surface area contributed by atoms with Gasteiger partial charge in [0.2, 0.25) is 0 Å². The number of carbonyl (C=O) groups is 1. The van der Waals surface area contributed by atoms with Crippen LogP contribution in [-0.2, 0) is 4.79 Å². The van der Waals surface area contributed by atoms with Crippen LogP contribution in [0.15, 0.2) is 24.3 Å². The standard InChI is InChI=1S/C18H20O2/c1-18-9-8-14-13-5-3-12(19)10-11(13)2-4-15(14)16(18)6-7-17(18)20/h2-5,10,14-16,19H,6-9H2,1H3/t14?,15?,16-,18-/m0/s1. The molecular formula is C18H20O2. The van der Waals surface area contributed by atoms with Crippen LogP contribution in [0.2, 0.25) is 0 Å². The summed E-state index contributed by atoms with van der Waals surface area (Å²) in [6, 6.07) is 5.73. The number of phenolic OH excluding ortho intramolecular Hbond substituents is 1. The first-order valence-electron chi connectivity index (χ1n) is 7.64. The predicted octanol–water partition coefficient (Wildman–Crippen LogP) is 3.90. The maximum Gasteiger partial charge on any atom is 0.139 e. The van der Waals surface area contributed by atoms with E-state index in [1.807, 2.05) is 6.07 Å². The molecule has 20 heavy (non-hydrogen) atoms. The number of phenols is 1. The number of allylic oxidation sites excluding steroid dienone is 1. The molecule has 2 fully saturated rings. The Morgan fingerprint density at radius 3 is 3.00 bits per heavy atom. The SMILES string of the molecule is C[C@]12CCC3c4ccc(O)cc4C=CC3[C@@H]1CCC2=O. The van der Waals surface area contributed by atoms with Crippen molar-refractivity contribution in [2.45, 2.75) is 38.5 Å². The molecule has 0 heterocycles. The molecular weight excluding hydrogens is 248 g/mol. The lowest BCUT2D eigenvalue weighted by atomic mass is 9.57. The first-order valence-corrected chi connectivity index (χ1v) is 7.64. The highest BCUT2D eigenvalue weighted by atomic mass is 16.3. The van der Waals surface area contributed by atoms with Crippen molar-refractivity contribution >= 4 is 11.9 Å². The van der Waals surface area contributed by atoms with Crippen molar-refractivity contribution < 1.29 is 9.90 Å². The van der Waals surface area contributed by atoms with Gasteiger partial charge >= 0.3 is 0 Å². The fourth-order valence-corrected chi connectivity index (χ4v) is 4.86. The van der Waals surface area contributed by atoms with E-state index in [-0.39, 0.29) is 5.41 Å². The summed E-state index contributed by atoms with van der Waals surface area (Å²) in [4.78, 5) is 12.2. The van der Waals surface area contributed by atoms with Gasteiger partial charge in [0.15, 0.2) is 0 Å². The zero-order chi connectivity index (χ0) is 13.9. The number of ketones is 1. The Balaban J connectivity index is 1.77. The Hall–Kier alpha value is -1.57. The van der Waals surface area contributed by atoms with Crippen LogP contribution in [-0.4, -0.2) is 10.9 Å². The lowest BCUT2D eigenvalue weighted by Gasteiger charge is -2.46. The van der Waals surface area contributed by atoms with Crippen LogP contribution in [0.3, 0.4) is 0 Å². The van der Waals surface area contributed by atoms with Crippen LogP contribution < -0.4 is 0 Å². The molecule has 1 aromatic carbocycles. The summed E-state index contributed by atoms with van der Waals surface area (Å²) in [5.74, 6) is 2.35. The van der Waals surface area contributed by atoms with Gasteiger partial charge in [0.05, 0.1) is 0 Å². The van der Waals surface area contributed by atoms with Crippen LogP contribution >= 0.6 is 0 Å². The Morgan fingerprint density at radius 2 is 2.15 bits per heavy atom. The van der Waals surface area contributed by atoms with Crippen LogP contribution in [0.5, 0.6) is 5.75 Å². The summed E-state index contributed by atoms with van der Waals surface area (Å²) >= 11 is 0. The maximum absolute atomic E-state index is 12.2. The number of hydrogen-bond acceptors (Lipinski definition) is 2. The molecule has 0 bridgehead atoms. The Labute approximate surface area is 119 Å². The average molecular weight is 268 g/mol. The van der Waals surface area contributed by atoms with E-state index in [2.05, 4.69) is 25.1 Å². The summed E-state index contributed by atoms with van der Waals surface area (Å²) < 4.78 is 0. The van der Waals surface area contributed by atoms with Crippen molar-refractivity contribution in [3.05, 3.63) is 35.4 Å². The number of rotatable bonds is 0. The monoisotopic (exact) mass is 268 g/mol. The quantitative estimate of drug-likeness (QED) is 0.775. The second kappa shape index (κ2) is 3.97. The van der Waals surface area contributed by atoms with E-state index in [4.69, 9.17) is 0 Å². The predicted molar refractivity (Wildman–Crippen MR) is 78.4 cm³/mol. The van der Waals surface area contributed by atoms with Gasteiger partial charge in [0, 0.05) is 11.8 Å². The van der Waals surface area contributed by atoms with Gasteiger partial charge in [-0.2, -0.15) is 0 Å². The summed E-state index contributed by atoms with van der Waals surface area (Å²) in [7, 11) is 0. The number of benzene rings is 1. The minimum absolute atomic E-state index is 0.0834. The molecule has 3 aliphatic carbocycles. The molecule has 0 aliphatic heterocycles. The van der Waals surface area contributed by atoms with Crippen molar-refractivity contribution in [1.29, 1.82) is 0 Å². The molecule has 0 aromatic heterocycles. The molecule has 2 saturated carbocycles. The summed E-state index contributed by atoms with van der Waals surface area (Å²) in [5.41, 5.74) is 2.43. The molecule has 2 heteroatoms. The molecule has 3 aliphatic rings. The number of Topliss-reactive ketones (excluding diaryl/α,β-unsaturated/α-hetero) is 1. The highest BCUT2D eigenvalue weighted by Gasteiger charge is 2.53. The van der Waals surface area contributed by atoms with E-state index < -0.39 is 0 Å². The molecule has 2 unspecified atom stereocenters. The number of aromatic hydroxyl groups is 1. The third-order valence-electron chi connectivity index (χ3n) is 6.01. The number of fused-ring (bicyclic) bond motifs is 5. The fourth-order valence-electron chi connectivity index (χ4n) is 4.86. The summed E-state index contributed by atoms with van der Waals surface area (Å²) in [6.45, 7) is 2.18. The second-order valence-electron chi connectivity index (χ2n) is 6.88. The van der Waals surface area contributed by atoms with E-state index in [1.54, 1.807) is 6.07 Å². The van der Waals surface area contributed by atoms with Gasteiger partial charge in [-0.05, 0) is 60.3 Å². The highest BCUT2D eigenvalue weighted by molar-refractivity contribution is 5.87. The Kier molecular flexibility index (Phi) is 2.42. The van der Waals surface area contributed by atoms with E-state index in [9.17, 15) is 9.90 Å². The van der Waals surface area contributed by atoms with Crippen LogP contribution in [0, 0.1) is 17.3 Å². The normalized spacial score (nSPS) is 38.2. The average Bonchev–Trinajstić information content (AvgIpc) is 2.74. The molecule has 2 nitrogen and oxygen atoms in total. The van der Waals surface area contributed by atoms with E-state index in [1.165, 1.54) is 5.56 Å². The zero-order valence-corrected chi connectivity index (χ0v) is 11.8. The molecule has 0 amide bonds. The van der Waals surface area contributed by atoms with E-state index in [0.717, 1.165) is 31.2 Å². The zero-order valence-electron chi connectivity index (χ0n) is 11.8. The smallest absolute Gasteiger partial charge is 0.139 e. The van der Waals surface area contributed by atoms with Gasteiger partial charge in [0.25, 0.3) is 0 Å². The van der Waals surface area contributed by atoms with E-state index >= 15 is 0 Å². The van der Waals surface area contributed by atoms with Crippen LogP contribution in [0.25, 0.3) is 6.08 Å². The Morgan fingerprint density at radius 1 is 1.30 bits per heavy atom. The molecule has 1 aromatic rings. The lowest BCUT2D eigenvalue weighted by molar-refractivity contribution is -0.128. The molecule has 0 spiro atoms. The van der Waals surface area contributed by atoms with E-state index in [0.29, 0.717) is 29.3 Å². The number of carbonyl (C=O) groups excluding carboxylic acids is 1. The maximum atomic E-state index is 12.2. The third kappa shape index (κ3) is 1.48. The molecule has 104 valence electrons. The molecule has 1 N–H and O–H groups in total. The molecule has 0 radical (unpaired) electrons. The van der Waals surface area contributed by atoms with Crippen molar-refractivity contribution in [2.24, 2.45) is 17.3 Å². The molecule has 4 rings (SSSR count). The van der Waals surface area contributed by atoms with Gasteiger partial charge in [-0.25, -0.2) is 0 Å². The largest absolute Gasteiger partial charge is 0.508 e. The molecule has 0 saturated heterocycles. The van der Waals surface area contributed by atoms with Crippen molar-refractivity contribution in [3.8, 4) is 5.75 Å². The topological polar surface area (TPSA) is 37.3 Å². The van der Waals surface area contributed by atoms with Crippen LogP contribution in [0.1, 0.15) is 49.7 Å². The van der Waals surface area contributed by atoms with Crippen molar-refractivity contribution in [3.63, 3.8) is 0 Å². The minimum Gasteiger partial charge on any atom is -0.508 e. The summed E-state index contributed by atoms with van der Waals surface area (Å²) in [6.07, 6.45) is 8.37. The minimum atomic E-state index is -0.0834. The first-order chi connectivity index (χ1) is 9.59.